The quantitative estimate of drug-likeness (QED) is 0.735. The van der Waals surface area contributed by atoms with Gasteiger partial charge in [-0.3, -0.25) is 0 Å². The summed E-state index contributed by atoms with van der Waals surface area (Å²) in [6.45, 7) is 1.53. The molecule has 0 aliphatic heterocycles. The summed E-state index contributed by atoms with van der Waals surface area (Å²) in [7, 11) is 3.37. The van der Waals surface area contributed by atoms with Crippen LogP contribution in [0.25, 0.3) is 0 Å². The Kier molecular flexibility index (Phi) is 4.91. The average Bonchev–Trinajstić information content (AvgIpc) is 2.61. The molecule has 1 aromatic heterocycles. The summed E-state index contributed by atoms with van der Waals surface area (Å²) in [4.78, 5) is 0. The van der Waals surface area contributed by atoms with Crippen molar-refractivity contribution in [3.8, 4) is 0 Å². The van der Waals surface area contributed by atoms with Gasteiger partial charge in [-0.1, -0.05) is 25.7 Å². The molecule has 0 saturated heterocycles. The number of rotatable bonds is 5. The minimum atomic E-state index is 0.574. The van der Waals surface area contributed by atoms with Gasteiger partial charge in [0.2, 0.25) is 0 Å². The SMILES string of the molecule is [CH2]OCCc1nnnn1CC1CCCCCC1. The molecule has 2 rings (SSSR count). The smallest absolute Gasteiger partial charge is 0.153 e. The third-order valence-corrected chi connectivity index (χ3v) is 3.48. The number of aromatic nitrogens is 4. The van der Waals surface area contributed by atoms with Gasteiger partial charge in [0.15, 0.2) is 5.82 Å². The van der Waals surface area contributed by atoms with Crippen LogP contribution in [-0.2, 0) is 17.7 Å². The topological polar surface area (TPSA) is 52.8 Å². The standard InChI is InChI=1S/C12H21N4O/c1-17-9-8-12-13-14-15-16(12)10-11-6-4-2-3-5-7-11/h11H,1-10H2. The van der Waals surface area contributed by atoms with E-state index in [2.05, 4.69) is 22.6 Å². The van der Waals surface area contributed by atoms with Crippen LogP contribution in [0.1, 0.15) is 44.3 Å². The van der Waals surface area contributed by atoms with Crippen molar-refractivity contribution in [3.63, 3.8) is 0 Å². The van der Waals surface area contributed by atoms with E-state index in [4.69, 9.17) is 4.74 Å². The second kappa shape index (κ2) is 6.69. The highest BCUT2D eigenvalue weighted by Crippen LogP contribution is 2.24. The Hall–Kier alpha value is -0.970. The van der Waals surface area contributed by atoms with Crippen LogP contribution in [0.3, 0.4) is 0 Å². The number of ether oxygens (including phenoxy) is 1. The number of hydrogen-bond donors (Lipinski definition) is 0. The van der Waals surface area contributed by atoms with Crippen LogP contribution in [-0.4, -0.2) is 26.8 Å². The molecule has 5 nitrogen and oxygen atoms in total. The Labute approximate surface area is 103 Å². The summed E-state index contributed by atoms with van der Waals surface area (Å²) >= 11 is 0. The van der Waals surface area contributed by atoms with Gasteiger partial charge in [-0.05, 0) is 29.2 Å². The predicted octanol–water partition coefficient (Wildman–Crippen LogP) is 1.99. The van der Waals surface area contributed by atoms with Gasteiger partial charge in [-0.25, -0.2) is 4.68 Å². The zero-order valence-electron chi connectivity index (χ0n) is 10.3. The highest BCUT2D eigenvalue weighted by molar-refractivity contribution is 4.82. The third kappa shape index (κ3) is 3.77. The van der Waals surface area contributed by atoms with Crippen LogP contribution < -0.4 is 0 Å². The first kappa shape index (κ1) is 12.5. The van der Waals surface area contributed by atoms with Crippen molar-refractivity contribution in [2.75, 3.05) is 6.61 Å². The van der Waals surface area contributed by atoms with E-state index in [-0.39, 0.29) is 0 Å². The Morgan fingerprint density at radius 1 is 1.24 bits per heavy atom. The highest BCUT2D eigenvalue weighted by Gasteiger charge is 2.15. The number of hydrogen-bond acceptors (Lipinski definition) is 4. The maximum atomic E-state index is 4.82. The van der Waals surface area contributed by atoms with E-state index in [1.807, 2.05) is 4.68 Å². The molecule has 5 heteroatoms. The molecule has 95 valence electrons. The Morgan fingerprint density at radius 2 is 2.00 bits per heavy atom. The average molecular weight is 237 g/mol. The molecule has 1 saturated carbocycles. The van der Waals surface area contributed by atoms with E-state index in [9.17, 15) is 0 Å². The second-order valence-electron chi connectivity index (χ2n) is 4.79. The molecule has 0 atom stereocenters. The first-order chi connectivity index (χ1) is 8.40. The lowest BCUT2D eigenvalue weighted by Gasteiger charge is -2.14. The summed E-state index contributed by atoms with van der Waals surface area (Å²) in [5.74, 6) is 1.65. The molecule has 17 heavy (non-hydrogen) atoms. The first-order valence-corrected chi connectivity index (χ1v) is 6.52. The van der Waals surface area contributed by atoms with E-state index in [0.29, 0.717) is 6.61 Å². The fourth-order valence-corrected chi connectivity index (χ4v) is 2.50. The molecule has 0 aromatic carbocycles. The van der Waals surface area contributed by atoms with E-state index >= 15 is 0 Å². The summed E-state index contributed by atoms with van der Waals surface area (Å²) < 4.78 is 6.76. The largest absolute Gasteiger partial charge is 0.379 e. The van der Waals surface area contributed by atoms with Gasteiger partial charge in [-0.15, -0.1) is 5.10 Å². The number of tetrazole rings is 1. The molecule has 1 heterocycles. The highest BCUT2D eigenvalue weighted by atomic mass is 16.5. The van der Waals surface area contributed by atoms with Gasteiger partial charge in [-0.2, -0.15) is 0 Å². The molecule has 0 unspecified atom stereocenters. The monoisotopic (exact) mass is 237 g/mol. The van der Waals surface area contributed by atoms with Crippen molar-refractivity contribution in [1.82, 2.24) is 20.2 Å². The lowest BCUT2D eigenvalue weighted by molar-refractivity contribution is 0.240. The summed E-state index contributed by atoms with van der Waals surface area (Å²) in [6, 6.07) is 0. The zero-order chi connectivity index (χ0) is 11.9. The molecule has 1 fully saturated rings. The molecule has 0 spiro atoms. The molecular formula is C12H21N4O. The van der Waals surface area contributed by atoms with Crippen LogP contribution >= 0.6 is 0 Å². The van der Waals surface area contributed by atoms with Gasteiger partial charge in [0.1, 0.15) is 0 Å². The summed E-state index contributed by atoms with van der Waals surface area (Å²) in [5.41, 5.74) is 0. The molecule has 0 N–H and O–H groups in total. The molecule has 1 aromatic rings. The number of nitrogens with zero attached hydrogens (tertiary/aromatic N) is 4. The molecular weight excluding hydrogens is 216 g/mol. The fourth-order valence-electron chi connectivity index (χ4n) is 2.50. The molecule has 1 aliphatic rings. The Bertz CT molecular complexity index is 318. The van der Waals surface area contributed by atoms with Gasteiger partial charge < -0.3 is 4.74 Å². The summed E-state index contributed by atoms with van der Waals surface area (Å²) in [5, 5.41) is 11.9. The Balaban J connectivity index is 1.90. The first-order valence-electron chi connectivity index (χ1n) is 6.52. The van der Waals surface area contributed by atoms with Gasteiger partial charge in [0.25, 0.3) is 0 Å². The Morgan fingerprint density at radius 3 is 2.71 bits per heavy atom. The van der Waals surface area contributed by atoms with E-state index < -0.39 is 0 Å². The van der Waals surface area contributed by atoms with E-state index in [1.54, 1.807) is 0 Å². The minimum absolute atomic E-state index is 0.574. The maximum absolute atomic E-state index is 4.82. The minimum Gasteiger partial charge on any atom is -0.379 e. The van der Waals surface area contributed by atoms with Crippen LogP contribution in [0.2, 0.25) is 0 Å². The lowest BCUT2D eigenvalue weighted by Crippen LogP contribution is -2.15. The fraction of sp³-hybridized carbons (Fsp3) is 0.833. The normalized spacial score (nSPS) is 18.2. The lowest BCUT2D eigenvalue weighted by atomic mass is 10.0. The molecule has 0 bridgehead atoms. The van der Waals surface area contributed by atoms with Gasteiger partial charge in [0, 0.05) is 13.0 Å². The van der Waals surface area contributed by atoms with Crippen molar-refractivity contribution in [2.45, 2.75) is 51.5 Å². The van der Waals surface area contributed by atoms with Crippen LogP contribution in [0.4, 0.5) is 0 Å². The molecule has 1 radical (unpaired) electrons. The second-order valence-corrected chi connectivity index (χ2v) is 4.79. The van der Waals surface area contributed by atoms with Crippen LogP contribution in [0.15, 0.2) is 0 Å². The maximum Gasteiger partial charge on any atom is 0.153 e. The van der Waals surface area contributed by atoms with E-state index in [1.165, 1.54) is 38.5 Å². The van der Waals surface area contributed by atoms with Gasteiger partial charge >= 0.3 is 0 Å². The van der Waals surface area contributed by atoms with E-state index in [0.717, 1.165) is 24.7 Å². The van der Waals surface area contributed by atoms with Crippen molar-refractivity contribution in [2.24, 2.45) is 5.92 Å². The molecule has 1 aliphatic carbocycles. The van der Waals surface area contributed by atoms with Crippen LogP contribution in [0.5, 0.6) is 0 Å². The van der Waals surface area contributed by atoms with Gasteiger partial charge in [0.05, 0.1) is 13.7 Å². The van der Waals surface area contributed by atoms with Crippen molar-refractivity contribution in [3.05, 3.63) is 12.9 Å². The zero-order valence-corrected chi connectivity index (χ0v) is 10.3. The third-order valence-electron chi connectivity index (χ3n) is 3.48. The molecule has 0 amide bonds. The van der Waals surface area contributed by atoms with Crippen molar-refractivity contribution < 1.29 is 4.74 Å². The van der Waals surface area contributed by atoms with Crippen LogP contribution in [0, 0.1) is 13.0 Å². The summed E-state index contributed by atoms with van der Waals surface area (Å²) in [6.07, 6.45) is 8.83. The van der Waals surface area contributed by atoms with Crippen molar-refractivity contribution in [1.29, 1.82) is 0 Å². The predicted molar refractivity (Wildman–Crippen MR) is 64.0 cm³/mol. The van der Waals surface area contributed by atoms with Crippen molar-refractivity contribution >= 4 is 0 Å².